The molecule has 0 unspecified atom stereocenters. The summed E-state index contributed by atoms with van der Waals surface area (Å²) in [4.78, 5) is 2.59. The van der Waals surface area contributed by atoms with Gasteiger partial charge in [0, 0.05) is 16.8 Å². The van der Waals surface area contributed by atoms with Gasteiger partial charge in [-0.1, -0.05) is 147 Å². The van der Waals surface area contributed by atoms with Crippen LogP contribution in [0.25, 0.3) is 44.5 Å². The molecule has 1 nitrogen and oxygen atoms in total. The molecule has 0 N–H and O–H groups in total. The van der Waals surface area contributed by atoms with Gasteiger partial charge in [-0.2, -0.15) is 0 Å². The van der Waals surface area contributed by atoms with Crippen molar-refractivity contribution < 1.29 is 0 Å². The Hall–Kier alpha value is -6.44. The molecule has 1 spiro atoms. The molecule has 0 saturated heterocycles. The predicted octanol–water partition coefficient (Wildman–Crippen LogP) is 16.6. The molecule has 4 bridgehead atoms. The zero-order chi connectivity index (χ0) is 43.4. The fraction of sp³-hybridized carbons (Fsp3) is 0.250. The van der Waals surface area contributed by atoms with E-state index in [1.807, 2.05) is 0 Å². The van der Waals surface area contributed by atoms with E-state index in [2.05, 4.69) is 202 Å². The number of hydrogen-bond donors (Lipinski definition) is 0. The molecular formula is C64H55N. The molecule has 1 heteroatoms. The molecule has 15 rings (SSSR count). The van der Waals surface area contributed by atoms with Gasteiger partial charge in [-0.25, -0.2) is 0 Å². The van der Waals surface area contributed by atoms with E-state index in [0.29, 0.717) is 5.41 Å². The van der Waals surface area contributed by atoms with E-state index in [-0.39, 0.29) is 5.41 Å². The van der Waals surface area contributed by atoms with Crippen molar-refractivity contribution in [2.24, 2.45) is 17.8 Å². The minimum atomic E-state index is -0.418. The number of benzene rings is 8. The van der Waals surface area contributed by atoms with Gasteiger partial charge in [0.25, 0.3) is 0 Å². The summed E-state index contributed by atoms with van der Waals surface area (Å²) in [5, 5.41) is 0. The first-order chi connectivity index (χ1) is 31.7. The standard InChI is InChI=1S/C64H55N/c1-39-29-45(44-21-23-46(24-22-44)63-36-41-31-42(37-63)33-43(32-41)38-63)30-40(2)61(39)65(47-25-27-53-49-13-5-9-17-55(49)62(3,4)59(53)34-47)48-26-28-54-52-16-8-12-20-58(52)64(60(54)35-48)56-18-10-6-14-50(56)51-15-7-11-19-57(51)64/h5-30,34-35,41-43H,31-33,36-38H2,1-4H3. The van der Waals surface area contributed by atoms with E-state index in [1.54, 1.807) is 5.56 Å². The Bertz CT molecular complexity index is 3180. The zero-order valence-corrected chi connectivity index (χ0v) is 38.1. The van der Waals surface area contributed by atoms with Crippen LogP contribution in [0.3, 0.4) is 0 Å². The molecule has 0 radical (unpaired) electrons. The summed E-state index contributed by atoms with van der Waals surface area (Å²) in [6.45, 7) is 9.47. The molecular weight excluding hydrogens is 783 g/mol. The van der Waals surface area contributed by atoms with Crippen LogP contribution < -0.4 is 4.90 Å². The summed E-state index contributed by atoms with van der Waals surface area (Å²) in [5.41, 5.74) is 26.6. The van der Waals surface area contributed by atoms with Gasteiger partial charge in [0.2, 0.25) is 0 Å². The highest BCUT2D eigenvalue weighted by Crippen LogP contribution is 2.64. The molecule has 0 heterocycles. The zero-order valence-electron chi connectivity index (χ0n) is 38.1. The average molecular weight is 838 g/mol. The maximum atomic E-state index is 2.59. The van der Waals surface area contributed by atoms with Gasteiger partial charge in [0.05, 0.1) is 11.1 Å². The van der Waals surface area contributed by atoms with Crippen LogP contribution in [0.1, 0.15) is 102 Å². The summed E-state index contributed by atoms with van der Waals surface area (Å²) < 4.78 is 0. The van der Waals surface area contributed by atoms with Crippen LogP contribution in [-0.2, 0) is 16.2 Å². The van der Waals surface area contributed by atoms with Crippen LogP contribution in [0.5, 0.6) is 0 Å². The van der Waals surface area contributed by atoms with Crippen molar-refractivity contribution in [2.75, 3.05) is 4.90 Å². The third kappa shape index (κ3) is 5.11. The van der Waals surface area contributed by atoms with E-state index < -0.39 is 5.41 Å². The number of fused-ring (bicyclic) bond motifs is 13. The van der Waals surface area contributed by atoms with Gasteiger partial charge < -0.3 is 4.90 Å². The summed E-state index contributed by atoms with van der Waals surface area (Å²) in [6, 6.07) is 65.9. The average Bonchev–Trinajstić information content (AvgIpc) is 3.88. The lowest BCUT2D eigenvalue weighted by Crippen LogP contribution is -2.48. The first-order valence-corrected chi connectivity index (χ1v) is 24.4. The van der Waals surface area contributed by atoms with Crippen LogP contribution in [0.4, 0.5) is 17.1 Å². The van der Waals surface area contributed by atoms with E-state index in [1.165, 1.54) is 145 Å². The van der Waals surface area contributed by atoms with Crippen LogP contribution in [-0.4, -0.2) is 0 Å². The second-order valence-corrected chi connectivity index (χ2v) is 21.6. The van der Waals surface area contributed by atoms with Gasteiger partial charge in [-0.05, 0) is 207 Å². The number of nitrogens with zero attached hydrogens (tertiary/aromatic N) is 1. The number of hydrogen-bond acceptors (Lipinski definition) is 1. The molecule has 8 aromatic rings. The third-order valence-electron chi connectivity index (χ3n) is 17.6. The first-order valence-electron chi connectivity index (χ1n) is 24.4. The van der Waals surface area contributed by atoms with E-state index in [0.717, 1.165) is 17.8 Å². The van der Waals surface area contributed by atoms with Crippen molar-refractivity contribution in [1.82, 2.24) is 0 Å². The molecule has 0 aliphatic heterocycles. The molecule has 7 aliphatic carbocycles. The highest BCUT2D eigenvalue weighted by Gasteiger charge is 2.53. The van der Waals surface area contributed by atoms with Gasteiger partial charge in [-0.15, -0.1) is 0 Å². The van der Waals surface area contributed by atoms with Crippen LogP contribution in [0.15, 0.2) is 170 Å². The Morgan fingerprint density at radius 3 is 1.32 bits per heavy atom. The molecule has 0 aromatic heterocycles. The van der Waals surface area contributed by atoms with Crippen molar-refractivity contribution >= 4 is 17.1 Å². The third-order valence-corrected chi connectivity index (χ3v) is 17.6. The minimum Gasteiger partial charge on any atom is -0.310 e. The van der Waals surface area contributed by atoms with Gasteiger partial charge in [0.15, 0.2) is 0 Å². The molecule has 316 valence electrons. The molecule has 0 atom stereocenters. The van der Waals surface area contributed by atoms with Crippen molar-refractivity contribution in [1.29, 1.82) is 0 Å². The predicted molar refractivity (Wildman–Crippen MR) is 270 cm³/mol. The van der Waals surface area contributed by atoms with E-state index >= 15 is 0 Å². The highest BCUT2D eigenvalue weighted by molar-refractivity contribution is 5.97. The fourth-order valence-corrected chi connectivity index (χ4v) is 15.4. The van der Waals surface area contributed by atoms with Crippen LogP contribution >= 0.6 is 0 Å². The number of rotatable bonds is 5. The largest absolute Gasteiger partial charge is 0.310 e. The van der Waals surface area contributed by atoms with Gasteiger partial charge in [-0.3, -0.25) is 0 Å². The summed E-state index contributed by atoms with van der Waals surface area (Å²) in [5.74, 6) is 2.85. The monoisotopic (exact) mass is 837 g/mol. The Labute approximate surface area is 384 Å². The van der Waals surface area contributed by atoms with Crippen molar-refractivity contribution in [2.45, 2.75) is 82.5 Å². The Morgan fingerprint density at radius 2 is 0.815 bits per heavy atom. The molecule has 0 amide bonds. The topological polar surface area (TPSA) is 3.24 Å². The normalized spacial score (nSPS) is 22.6. The SMILES string of the molecule is Cc1cc(-c2ccc(C34CC5CC(CC(C5)C3)C4)cc2)cc(C)c1N(c1ccc2c(c1)C(C)(C)c1ccccc1-2)c1ccc2c(c1)C1(c3ccccc3-c3ccccc31)c1ccccc1-2. The second-order valence-electron chi connectivity index (χ2n) is 21.6. The van der Waals surface area contributed by atoms with Gasteiger partial charge >= 0.3 is 0 Å². The molecule has 7 aliphatic rings. The summed E-state index contributed by atoms with van der Waals surface area (Å²) >= 11 is 0. The lowest BCUT2D eigenvalue weighted by Gasteiger charge is -2.57. The molecule has 4 fully saturated rings. The van der Waals surface area contributed by atoms with Crippen molar-refractivity contribution in [3.8, 4) is 44.5 Å². The Kier molecular flexibility index (Phi) is 7.77. The Morgan fingerprint density at radius 1 is 0.400 bits per heavy atom. The Balaban J connectivity index is 0.943. The van der Waals surface area contributed by atoms with Crippen molar-refractivity contribution in [3.05, 3.63) is 220 Å². The fourth-order valence-electron chi connectivity index (χ4n) is 15.4. The maximum Gasteiger partial charge on any atom is 0.0726 e. The smallest absolute Gasteiger partial charge is 0.0726 e. The van der Waals surface area contributed by atoms with Crippen LogP contribution in [0.2, 0.25) is 0 Å². The molecule has 65 heavy (non-hydrogen) atoms. The van der Waals surface area contributed by atoms with Gasteiger partial charge in [0.1, 0.15) is 0 Å². The lowest BCUT2D eigenvalue weighted by atomic mass is 9.48. The first kappa shape index (κ1) is 37.9. The number of anilines is 3. The summed E-state index contributed by atoms with van der Waals surface area (Å²) in [7, 11) is 0. The lowest BCUT2D eigenvalue weighted by molar-refractivity contribution is -0.00518. The quantitative estimate of drug-likeness (QED) is 0.167. The molecule has 8 aromatic carbocycles. The van der Waals surface area contributed by atoms with Crippen molar-refractivity contribution in [3.63, 3.8) is 0 Å². The minimum absolute atomic E-state index is 0.120. The van der Waals surface area contributed by atoms with E-state index in [4.69, 9.17) is 0 Å². The molecule has 4 saturated carbocycles. The maximum absolute atomic E-state index is 2.59. The summed E-state index contributed by atoms with van der Waals surface area (Å²) in [6.07, 6.45) is 8.67. The highest BCUT2D eigenvalue weighted by atomic mass is 15.1. The second kappa shape index (κ2) is 13.3. The van der Waals surface area contributed by atoms with E-state index in [9.17, 15) is 0 Å². The van der Waals surface area contributed by atoms with Crippen LogP contribution in [0, 0.1) is 31.6 Å². The number of aryl methyl sites for hydroxylation is 2.